The van der Waals surface area contributed by atoms with Crippen LogP contribution in [0.25, 0.3) is 5.69 Å². The number of benzene rings is 1. The second kappa shape index (κ2) is 7.98. The van der Waals surface area contributed by atoms with Gasteiger partial charge in [-0.25, -0.2) is 22.2 Å². The summed E-state index contributed by atoms with van der Waals surface area (Å²) in [5.74, 6) is -0.505. The molecule has 0 bridgehead atoms. The molecule has 2 aromatic rings. The average molecular weight is 430 g/mol. The Morgan fingerprint density at radius 1 is 1.36 bits per heavy atom. The Labute approximate surface area is 167 Å². The Kier molecular flexibility index (Phi) is 5.59. The van der Waals surface area contributed by atoms with Crippen molar-refractivity contribution in [2.24, 2.45) is 5.92 Å². The van der Waals surface area contributed by atoms with Gasteiger partial charge in [-0.2, -0.15) is 5.10 Å². The van der Waals surface area contributed by atoms with Gasteiger partial charge in [-0.1, -0.05) is 11.6 Å². The molecule has 1 saturated heterocycles. The fraction of sp³-hybridized carbons (Fsp3) is 0.500. The van der Waals surface area contributed by atoms with Crippen LogP contribution in [0.2, 0.25) is 5.02 Å². The van der Waals surface area contributed by atoms with Crippen molar-refractivity contribution in [3.05, 3.63) is 41.4 Å². The van der Waals surface area contributed by atoms with Crippen molar-refractivity contribution in [3.63, 3.8) is 0 Å². The highest BCUT2D eigenvalue weighted by Gasteiger charge is 2.39. The van der Waals surface area contributed by atoms with Gasteiger partial charge in [-0.05, 0) is 31.4 Å². The summed E-state index contributed by atoms with van der Waals surface area (Å²) in [5, 5.41) is 4.20. The first kappa shape index (κ1) is 19.6. The molecule has 2 fully saturated rings. The predicted octanol–water partition coefficient (Wildman–Crippen LogP) is 2.53. The SMILES string of the molecule is O=S(=O)(N[C@H]1COCC[C@@H]1COc1ccc(-n2cc(Cl)cn2)cc1F)C1CC1. The monoisotopic (exact) mass is 429 g/mol. The number of nitrogens with zero attached hydrogens (tertiary/aromatic N) is 2. The Balaban J connectivity index is 1.41. The first-order chi connectivity index (χ1) is 13.4. The predicted molar refractivity (Wildman–Crippen MR) is 102 cm³/mol. The number of halogens is 2. The minimum absolute atomic E-state index is 0.0914. The lowest BCUT2D eigenvalue weighted by atomic mass is 9.97. The zero-order chi connectivity index (χ0) is 19.7. The Bertz CT molecular complexity index is 948. The lowest BCUT2D eigenvalue weighted by Gasteiger charge is -2.31. The first-order valence-corrected chi connectivity index (χ1v) is 11.1. The van der Waals surface area contributed by atoms with E-state index >= 15 is 0 Å². The van der Waals surface area contributed by atoms with E-state index in [2.05, 4.69) is 9.82 Å². The fourth-order valence-electron chi connectivity index (χ4n) is 3.19. The Morgan fingerprint density at radius 2 is 2.18 bits per heavy atom. The highest BCUT2D eigenvalue weighted by molar-refractivity contribution is 7.90. The van der Waals surface area contributed by atoms with E-state index in [0.717, 1.165) is 0 Å². The minimum atomic E-state index is -3.33. The molecule has 1 aliphatic heterocycles. The minimum Gasteiger partial charge on any atom is -0.490 e. The smallest absolute Gasteiger partial charge is 0.214 e. The molecule has 2 heterocycles. The normalized spacial score (nSPS) is 22.9. The van der Waals surface area contributed by atoms with E-state index in [1.165, 1.54) is 23.0 Å². The zero-order valence-corrected chi connectivity index (χ0v) is 16.6. The second-order valence-corrected chi connectivity index (χ2v) is 9.55. The van der Waals surface area contributed by atoms with Crippen LogP contribution in [0.3, 0.4) is 0 Å². The first-order valence-electron chi connectivity index (χ1n) is 9.14. The van der Waals surface area contributed by atoms with Gasteiger partial charge in [0, 0.05) is 24.8 Å². The van der Waals surface area contributed by atoms with E-state index < -0.39 is 15.8 Å². The third kappa shape index (κ3) is 4.48. The maximum absolute atomic E-state index is 14.4. The quantitative estimate of drug-likeness (QED) is 0.731. The van der Waals surface area contributed by atoms with Crippen LogP contribution >= 0.6 is 11.6 Å². The van der Waals surface area contributed by atoms with Crippen LogP contribution in [0, 0.1) is 11.7 Å². The van der Waals surface area contributed by atoms with Crippen molar-refractivity contribution in [2.45, 2.75) is 30.6 Å². The summed E-state index contributed by atoms with van der Waals surface area (Å²) >= 11 is 5.84. The largest absolute Gasteiger partial charge is 0.490 e. The van der Waals surface area contributed by atoms with Crippen molar-refractivity contribution >= 4 is 21.6 Å². The topological polar surface area (TPSA) is 82.5 Å². The third-order valence-corrected chi connectivity index (χ3v) is 7.14. The molecule has 1 aromatic heterocycles. The summed E-state index contributed by atoms with van der Waals surface area (Å²) in [6.45, 7) is 1.02. The van der Waals surface area contributed by atoms with E-state index in [0.29, 0.717) is 43.2 Å². The highest BCUT2D eigenvalue weighted by Crippen LogP contribution is 2.29. The van der Waals surface area contributed by atoms with E-state index in [9.17, 15) is 12.8 Å². The molecule has 1 saturated carbocycles. The summed E-state index contributed by atoms with van der Waals surface area (Å²) < 4.78 is 54.2. The van der Waals surface area contributed by atoms with Gasteiger partial charge in [-0.15, -0.1) is 0 Å². The molecule has 10 heteroatoms. The van der Waals surface area contributed by atoms with Gasteiger partial charge in [0.05, 0.1) is 41.4 Å². The second-order valence-electron chi connectivity index (χ2n) is 7.12. The number of ether oxygens (including phenoxy) is 2. The van der Waals surface area contributed by atoms with Crippen molar-refractivity contribution in [3.8, 4) is 11.4 Å². The zero-order valence-electron chi connectivity index (χ0n) is 15.1. The summed E-state index contributed by atoms with van der Waals surface area (Å²) in [4.78, 5) is 0. The molecule has 0 amide bonds. The summed E-state index contributed by atoms with van der Waals surface area (Å²) in [7, 11) is -3.33. The van der Waals surface area contributed by atoms with E-state index in [1.54, 1.807) is 12.3 Å². The van der Waals surface area contributed by atoms with E-state index in [1.807, 2.05) is 0 Å². The van der Waals surface area contributed by atoms with Crippen molar-refractivity contribution < 1.29 is 22.3 Å². The van der Waals surface area contributed by atoms with Crippen molar-refractivity contribution in [1.82, 2.24) is 14.5 Å². The molecule has 7 nitrogen and oxygen atoms in total. The lowest BCUT2D eigenvalue weighted by Crippen LogP contribution is -2.49. The van der Waals surface area contributed by atoms with Gasteiger partial charge >= 0.3 is 0 Å². The number of sulfonamides is 1. The molecule has 1 aromatic carbocycles. The molecule has 2 atom stereocenters. The molecule has 0 radical (unpaired) electrons. The number of rotatable bonds is 7. The lowest BCUT2D eigenvalue weighted by molar-refractivity contribution is 0.0269. The summed E-state index contributed by atoms with van der Waals surface area (Å²) in [6.07, 6.45) is 5.09. The molecule has 28 heavy (non-hydrogen) atoms. The molecular weight excluding hydrogens is 409 g/mol. The van der Waals surface area contributed by atoms with Crippen LogP contribution in [0.1, 0.15) is 19.3 Å². The molecular formula is C18H21ClFN3O4S. The van der Waals surface area contributed by atoms with Gasteiger partial charge < -0.3 is 9.47 Å². The van der Waals surface area contributed by atoms with Crippen molar-refractivity contribution in [2.75, 3.05) is 19.8 Å². The molecule has 1 aliphatic carbocycles. The number of hydrogen-bond donors (Lipinski definition) is 1. The maximum Gasteiger partial charge on any atom is 0.214 e. The standard InChI is InChI=1S/C18H21ClFN3O4S/c19-13-8-21-23(9-13)14-1-4-18(16(20)7-14)27-10-12-5-6-26-11-17(12)22-28(24,25)15-2-3-15/h1,4,7-9,12,15,17,22H,2-3,5-6,10-11H2/t12-,17+/m1/s1. The van der Waals surface area contributed by atoms with Gasteiger partial charge in [0.15, 0.2) is 11.6 Å². The van der Waals surface area contributed by atoms with E-state index in [-0.39, 0.29) is 29.6 Å². The van der Waals surface area contributed by atoms with Crippen molar-refractivity contribution in [1.29, 1.82) is 0 Å². The molecule has 2 aliphatic rings. The summed E-state index contributed by atoms with van der Waals surface area (Å²) in [6, 6.07) is 4.16. The Hall–Kier alpha value is -1.68. The molecule has 152 valence electrons. The molecule has 1 N–H and O–H groups in total. The van der Waals surface area contributed by atoms with Crippen LogP contribution in [-0.4, -0.2) is 49.3 Å². The number of aromatic nitrogens is 2. The van der Waals surface area contributed by atoms with Crippen LogP contribution in [0.4, 0.5) is 4.39 Å². The highest BCUT2D eigenvalue weighted by atomic mass is 35.5. The number of nitrogens with one attached hydrogen (secondary N) is 1. The third-order valence-electron chi connectivity index (χ3n) is 4.96. The van der Waals surface area contributed by atoms with Crippen LogP contribution in [-0.2, 0) is 14.8 Å². The van der Waals surface area contributed by atoms with Gasteiger partial charge in [0.1, 0.15) is 0 Å². The van der Waals surface area contributed by atoms with Crippen LogP contribution < -0.4 is 9.46 Å². The average Bonchev–Trinajstić information content (AvgIpc) is 3.44. The fourth-order valence-corrected chi connectivity index (χ4v) is 4.95. The van der Waals surface area contributed by atoms with E-state index in [4.69, 9.17) is 21.1 Å². The summed E-state index contributed by atoms with van der Waals surface area (Å²) in [5.41, 5.74) is 0.526. The molecule has 0 spiro atoms. The number of hydrogen-bond acceptors (Lipinski definition) is 5. The molecule has 4 rings (SSSR count). The molecule has 0 unspecified atom stereocenters. The van der Waals surface area contributed by atoms with Crippen LogP contribution in [0.5, 0.6) is 5.75 Å². The van der Waals surface area contributed by atoms with Gasteiger partial charge in [0.2, 0.25) is 10.0 Å². The van der Waals surface area contributed by atoms with Gasteiger partial charge in [0.25, 0.3) is 0 Å². The Morgan fingerprint density at radius 3 is 2.86 bits per heavy atom. The maximum atomic E-state index is 14.4. The van der Waals surface area contributed by atoms with Crippen LogP contribution in [0.15, 0.2) is 30.6 Å². The van der Waals surface area contributed by atoms with Gasteiger partial charge in [-0.3, -0.25) is 0 Å².